The van der Waals surface area contributed by atoms with Crippen LogP contribution in [0.3, 0.4) is 0 Å². The molecule has 0 radical (unpaired) electrons. The van der Waals surface area contributed by atoms with Gasteiger partial charge in [0, 0.05) is 18.5 Å². The number of rotatable bonds is 2. The average molecular weight is 212 g/mol. The van der Waals surface area contributed by atoms with Gasteiger partial charge in [0.15, 0.2) is 5.13 Å². The predicted molar refractivity (Wildman–Crippen MR) is 58.0 cm³/mol. The third-order valence-electron chi connectivity index (χ3n) is 2.40. The monoisotopic (exact) mass is 212 g/mol. The van der Waals surface area contributed by atoms with Gasteiger partial charge in [0.05, 0.1) is 5.59 Å². The second kappa shape index (κ2) is 4.29. The standard InChI is InChI=1S/C8H13BN2O2S/c12-9(13)7-6-14-8(10-7)11-4-2-1-3-5-11/h6,12-13H,1-5H2. The van der Waals surface area contributed by atoms with Gasteiger partial charge >= 0.3 is 7.12 Å². The van der Waals surface area contributed by atoms with Crippen LogP contribution in [0.5, 0.6) is 0 Å². The topological polar surface area (TPSA) is 56.6 Å². The number of hydrogen-bond donors (Lipinski definition) is 2. The maximum Gasteiger partial charge on any atom is 0.509 e. The Bertz CT molecular complexity index is 299. The first-order chi connectivity index (χ1) is 6.77. The van der Waals surface area contributed by atoms with E-state index >= 15 is 0 Å². The van der Waals surface area contributed by atoms with Gasteiger partial charge in [-0.25, -0.2) is 4.98 Å². The minimum Gasteiger partial charge on any atom is -0.422 e. The van der Waals surface area contributed by atoms with Crippen molar-refractivity contribution in [2.75, 3.05) is 18.0 Å². The second-order valence-electron chi connectivity index (χ2n) is 3.48. The van der Waals surface area contributed by atoms with E-state index in [1.54, 1.807) is 5.38 Å². The second-order valence-corrected chi connectivity index (χ2v) is 4.31. The molecule has 1 saturated heterocycles. The summed E-state index contributed by atoms with van der Waals surface area (Å²) in [6.45, 7) is 2.07. The zero-order valence-electron chi connectivity index (χ0n) is 7.89. The molecule has 0 aromatic carbocycles. The van der Waals surface area contributed by atoms with Gasteiger partial charge in [0.25, 0.3) is 0 Å². The van der Waals surface area contributed by atoms with Crippen molar-refractivity contribution >= 4 is 29.2 Å². The molecule has 2 rings (SSSR count). The highest BCUT2D eigenvalue weighted by atomic mass is 32.1. The van der Waals surface area contributed by atoms with Crippen LogP contribution < -0.4 is 10.5 Å². The van der Waals surface area contributed by atoms with Crippen molar-refractivity contribution in [3.8, 4) is 0 Å². The van der Waals surface area contributed by atoms with Crippen molar-refractivity contribution in [2.24, 2.45) is 0 Å². The van der Waals surface area contributed by atoms with Crippen LogP contribution in [0.15, 0.2) is 5.38 Å². The molecule has 0 saturated carbocycles. The summed E-state index contributed by atoms with van der Waals surface area (Å²) in [5.74, 6) is 0. The summed E-state index contributed by atoms with van der Waals surface area (Å²) in [5.41, 5.74) is 0.357. The molecule has 1 aromatic rings. The zero-order valence-corrected chi connectivity index (χ0v) is 8.70. The Morgan fingerprint density at radius 3 is 2.57 bits per heavy atom. The van der Waals surface area contributed by atoms with Gasteiger partial charge in [0.2, 0.25) is 0 Å². The van der Waals surface area contributed by atoms with Crippen molar-refractivity contribution < 1.29 is 10.0 Å². The van der Waals surface area contributed by atoms with E-state index in [2.05, 4.69) is 9.88 Å². The van der Waals surface area contributed by atoms with Gasteiger partial charge in [-0.05, 0) is 19.3 Å². The molecule has 14 heavy (non-hydrogen) atoms. The minimum absolute atomic E-state index is 0.357. The van der Waals surface area contributed by atoms with Gasteiger partial charge < -0.3 is 14.9 Å². The normalized spacial score (nSPS) is 17.1. The molecular formula is C8H13BN2O2S. The Hall–Kier alpha value is -0.585. The number of anilines is 1. The molecule has 0 unspecified atom stereocenters. The number of thiazole rings is 1. The van der Waals surface area contributed by atoms with Crippen LogP contribution in [0.2, 0.25) is 0 Å². The molecule has 1 aliphatic rings. The highest BCUT2D eigenvalue weighted by molar-refractivity contribution is 7.14. The summed E-state index contributed by atoms with van der Waals surface area (Å²) in [6.07, 6.45) is 3.70. The minimum atomic E-state index is -1.44. The predicted octanol–water partition coefficient (Wildman–Crippen LogP) is -0.187. The lowest BCUT2D eigenvalue weighted by atomic mass is 9.88. The zero-order chi connectivity index (χ0) is 9.97. The average Bonchev–Trinajstić information content (AvgIpc) is 2.68. The quantitative estimate of drug-likeness (QED) is 0.667. The first-order valence-corrected chi connectivity index (χ1v) is 5.72. The molecule has 0 amide bonds. The van der Waals surface area contributed by atoms with E-state index < -0.39 is 7.12 Å². The molecule has 6 heteroatoms. The molecule has 0 atom stereocenters. The van der Waals surface area contributed by atoms with E-state index in [9.17, 15) is 0 Å². The van der Waals surface area contributed by atoms with Crippen LogP contribution in [0.4, 0.5) is 5.13 Å². The van der Waals surface area contributed by atoms with Crippen LogP contribution in [0.25, 0.3) is 0 Å². The molecule has 0 spiro atoms. The van der Waals surface area contributed by atoms with E-state index in [1.165, 1.54) is 30.6 Å². The largest absolute Gasteiger partial charge is 0.509 e. The Kier molecular flexibility index (Phi) is 3.05. The summed E-state index contributed by atoms with van der Waals surface area (Å²) in [5, 5.41) is 20.4. The number of nitrogens with zero attached hydrogens (tertiary/aromatic N) is 2. The molecule has 1 fully saturated rings. The van der Waals surface area contributed by atoms with E-state index in [1.807, 2.05) is 0 Å². The van der Waals surface area contributed by atoms with Gasteiger partial charge in [-0.15, -0.1) is 11.3 Å². The van der Waals surface area contributed by atoms with Crippen LogP contribution >= 0.6 is 11.3 Å². The molecule has 0 bridgehead atoms. The van der Waals surface area contributed by atoms with Crippen molar-refractivity contribution in [2.45, 2.75) is 19.3 Å². The number of piperidine rings is 1. The van der Waals surface area contributed by atoms with Crippen LogP contribution in [0, 0.1) is 0 Å². The van der Waals surface area contributed by atoms with Gasteiger partial charge in [-0.1, -0.05) is 0 Å². The number of hydrogen-bond acceptors (Lipinski definition) is 5. The number of aromatic nitrogens is 1. The molecule has 2 heterocycles. The summed E-state index contributed by atoms with van der Waals surface area (Å²) in [4.78, 5) is 6.39. The molecular weight excluding hydrogens is 199 g/mol. The molecule has 1 aromatic heterocycles. The molecule has 76 valence electrons. The fourth-order valence-electron chi connectivity index (χ4n) is 1.63. The maximum atomic E-state index is 8.92. The smallest absolute Gasteiger partial charge is 0.422 e. The Balaban J connectivity index is 2.07. The van der Waals surface area contributed by atoms with Crippen molar-refractivity contribution in [1.29, 1.82) is 0 Å². The van der Waals surface area contributed by atoms with E-state index in [4.69, 9.17) is 10.0 Å². The lowest BCUT2D eigenvalue weighted by Gasteiger charge is -2.25. The van der Waals surface area contributed by atoms with Crippen LogP contribution in [-0.2, 0) is 0 Å². The SMILES string of the molecule is OB(O)c1csc(N2CCCCC2)n1. The summed E-state index contributed by atoms with van der Waals surface area (Å²) < 4.78 is 0. The van der Waals surface area contributed by atoms with Gasteiger partial charge in [-0.3, -0.25) is 0 Å². The summed E-state index contributed by atoms with van der Waals surface area (Å²) in [7, 11) is -1.44. The van der Waals surface area contributed by atoms with Gasteiger partial charge in [0.1, 0.15) is 0 Å². The fraction of sp³-hybridized carbons (Fsp3) is 0.625. The molecule has 4 nitrogen and oxygen atoms in total. The van der Waals surface area contributed by atoms with Crippen LogP contribution in [-0.4, -0.2) is 35.2 Å². The summed E-state index contributed by atoms with van der Waals surface area (Å²) in [6, 6.07) is 0. The first kappa shape index (κ1) is 9.95. The molecule has 2 N–H and O–H groups in total. The van der Waals surface area contributed by atoms with E-state index in [0.29, 0.717) is 5.59 Å². The Morgan fingerprint density at radius 2 is 2.00 bits per heavy atom. The summed E-state index contributed by atoms with van der Waals surface area (Å²) >= 11 is 1.48. The Labute approximate surface area is 87.4 Å². The van der Waals surface area contributed by atoms with Crippen molar-refractivity contribution in [3.63, 3.8) is 0 Å². The highest BCUT2D eigenvalue weighted by Crippen LogP contribution is 2.20. The fourth-order valence-corrected chi connectivity index (χ4v) is 2.52. The van der Waals surface area contributed by atoms with Crippen LogP contribution in [0.1, 0.15) is 19.3 Å². The van der Waals surface area contributed by atoms with Gasteiger partial charge in [-0.2, -0.15) is 0 Å². The van der Waals surface area contributed by atoms with E-state index in [0.717, 1.165) is 18.2 Å². The third kappa shape index (κ3) is 2.08. The van der Waals surface area contributed by atoms with E-state index in [-0.39, 0.29) is 0 Å². The van der Waals surface area contributed by atoms with Crippen molar-refractivity contribution in [3.05, 3.63) is 5.38 Å². The van der Waals surface area contributed by atoms with Crippen molar-refractivity contribution in [1.82, 2.24) is 4.98 Å². The third-order valence-corrected chi connectivity index (χ3v) is 3.32. The lowest BCUT2D eigenvalue weighted by Crippen LogP contribution is -2.33. The Morgan fingerprint density at radius 1 is 1.29 bits per heavy atom. The molecule has 0 aliphatic carbocycles. The lowest BCUT2D eigenvalue weighted by molar-refractivity contribution is 0.424. The maximum absolute atomic E-state index is 8.92. The first-order valence-electron chi connectivity index (χ1n) is 4.84. The highest BCUT2D eigenvalue weighted by Gasteiger charge is 2.19. The molecule has 1 aliphatic heterocycles.